The largest absolute Gasteiger partial charge is 0.336 e. The molecule has 2 aromatic carbocycles. The van der Waals surface area contributed by atoms with Crippen LogP contribution in [-0.2, 0) is 22.6 Å². The summed E-state index contributed by atoms with van der Waals surface area (Å²) in [6.45, 7) is 11.5. The normalized spacial score (nSPS) is 13.6. The number of hydrogen-bond acceptors (Lipinski definition) is 2. The van der Waals surface area contributed by atoms with E-state index in [1.54, 1.807) is 11.8 Å². The molecule has 0 bridgehead atoms. The van der Waals surface area contributed by atoms with Crippen LogP contribution in [0.2, 0.25) is 0 Å². The molecule has 0 N–H and O–H groups in total. The summed E-state index contributed by atoms with van der Waals surface area (Å²) in [4.78, 5) is 29.4. The number of benzene rings is 2. The van der Waals surface area contributed by atoms with Crippen LogP contribution in [0.15, 0.2) is 42.5 Å². The Morgan fingerprint density at radius 3 is 2.07 bits per heavy atom. The van der Waals surface area contributed by atoms with E-state index in [1.807, 2.05) is 17.0 Å². The van der Waals surface area contributed by atoms with Gasteiger partial charge in [-0.3, -0.25) is 9.59 Å². The number of hydrogen-bond donors (Lipinski definition) is 0. The van der Waals surface area contributed by atoms with Crippen LogP contribution in [-0.4, -0.2) is 29.8 Å². The zero-order valence-electron chi connectivity index (χ0n) is 18.2. The Hall–Kier alpha value is -2.62. The van der Waals surface area contributed by atoms with Gasteiger partial charge in [-0.25, -0.2) is 0 Å². The predicted octanol–water partition coefficient (Wildman–Crippen LogP) is 4.87. The quantitative estimate of drug-likeness (QED) is 0.728. The minimum atomic E-state index is -0.0919. The Labute approximate surface area is 174 Å². The zero-order chi connectivity index (χ0) is 21.1. The van der Waals surface area contributed by atoms with Crippen molar-refractivity contribution >= 4 is 17.5 Å². The summed E-state index contributed by atoms with van der Waals surface area (Å²) in [7, 11) is 0. The number of anilines is 1. The van der Waals surface area contributed by atoms with Crippen molar-refractivity contribution in [3.05, 3.63) is 64.7 Å². The standard InChI is InChI=1S/C25H32N2O2/c1-17(2)22-11-8-12-23(18(3)4)25(22)27(19(5)28)16-24(29)26-14-13-20-9-6-7-10-21(20)15-26/h6-12,17-18H,13-16H2,1-5H3. The number of para-hydroxylation sites is 1. The molecule has 4 nitrogen and oxygen atoms in total. The monoisotopic (exact) mass is 392 g/mol. The number of fused-ring (bicyclic) bond motifs is 1. The molecule has 1 aliphatic heterocycles. The van der Waals surface area contributed by atoms with Gasteiger partial charge in [-0.05, 0) is 40.5 Å². The predicted molar refractivity (Wildman–Crippen MR) is 118 cm³/mol. The third kappa shape index (κ3) is 4.52. The molecule has 0 unspecified atom stereocenters. The van der Waals surface area contributed by atoms with Crippen LogP contribution in [0.1, 0.15) is 68.7 Å². The number of nitrogens with zero attached hydrogens (tertiary/aromatic N) is 2. The van der Waals surface area contributed by atoms with Crippen LogP contribution in [0.3, 0.4) is 0 Å². The first-order valence-corrected chi connectivity index (χ1v) is 10.5. The second kappa shape index (κ2) is 8.81. The molecule has 1 heterocycles. The lowest BCUT2D eigenvalue weighted by Gasteiger charge is -2.33. The maximum absolute atomic E-state index is 13.2. The van der Waals surface area contributed by atoms with Gasteiger partial charge in [-0.2, -0.15) is 0 Å². The summed E-state index contributed by atoms with van der Waals surface area (Å²) in [5.41, 5.74) is 5.65. The van der Waals surface area contributed by atoms with Gasteiger partial charge in [0.2, 0.25) is 11.8 Å². The van der Waals surface area contributed by atoms with Gasteiger partial charge in [0.05, 0.1) is 5.69 Å². The Bertz CT molecular complexity index is 875. The Kier molecular flexibility index (Phi) is 6.41. The van der Waals surface area contributed by atoms with E-state index in [4.69, 9.17) is 0 Å². The maximum atomic E-state index is 13.2. The van der Waals surface area contributed by atoms with Crippen molar-refractivity contribution in [3.8, 4) is 0 Å². The molecule has 0 aliphatic carbocycles. The molecule has 0 saturated heterocycles. The number of amides is 2. The Morgan fingerprint density at radius 1 is 0.931 bits per heavy atom. The molecule has 3 rings (SSSR count). The summed E-state index contributed by atoms with van der Waals surface area (Å²) in [6, 6.07) is 14.5. The van der Waals surface area contributed by atoms with E-state index in [0.717, 1.165) is 23.2 Å². The number of rotatable bonds is 5. The zero-order valence-corrected chi connectivity index (χ0v) is 18.2. The van der Waals surface area contributed by atoms with Crippen molar-refractivity contribution in [2.24, 2.45) is 0 Å². The molecular weight excluding hydrogens is 360 g/mol. The van der Waals surface area contributed by atoms with Gasteiger partial charge < -0.3 is 9.80 Å². The minimum Gasteiger partial charge on any atom is -0.336 e. The fourth-order valence-electron chi connectivity index (χ4n) is 4.12. The summed E-state index contributed by atoms with van der Waals surface area (Å²) < 4.78 is 0. The van der Waals surface area contributed by atoms with E-state index >= 15 is 0 Å². The lowest BCUT2D eigenvalue weighted by molar-refractivity contribution is -0.132. The van der Waals surface area contributed by atoms with Crippen LogP contribution >= 0.6 is 0 Å². The highest BCUT2D eigenvalue weighted by atomic mass is 16.2. The van der Waals surface area contributed by atoms with E-state index in [0.29, 0.717) is 13.1 Å². The lowest BCUT2D eigenvalue weighted by Crippen LogP contribution is -2.44. The Morgan fingerprint density at radius 2 is 1.52 bits per heavy atom. The third-order valence-electron chi connectivity index (χ3n) is 5.77. The number of carbonyl (C=O) groups is 2. The van der Waals surface area contributed by atoms with Crippen molar-refractivity contribution < 1.29 is 9.59 Å². The van der Waals surface area contributed by atoms with Gasteiger partial charge in [0.25, 0.3) is 0 Å². The first-order chi connectivity index (χ1) is 13.8. The van der Waals surface area contributed by atoms with Crippen molar-refractivity contribution in [1.82, 2.24) is 4.90 Å². The first kappa shape index (κ1) is 21.1. The second-order valence-electron chi connectivity index (χ2n) is 8.53. The van der Waals surface area contributed by atoms with Gasteiger partial charge in [-0.1, -0.05) is 70.2 Å². The summed E-state index contributed by atoms with van der Waals surface area (Å²) >= 11 is 0. The molecule has 0 spiro atoms. The topological polar surface area (TPSA) is 40.6 Å². The average Bonchev–Trinajstić information content (AvgIpc) is 2.70. The van der Waals surface area contributed by atoms with Gasteiger partial charge in [0.15, 0.2) is 0 Å². The molecule has 0 saturated carbocycles. The molecule has 0 aromatic heterocycles. The molecule has 0 fully saturated rings. The summed E-state index contributed by atoms with van der Waals surface area (Å²) in [5, 5.41) is 0. The lowest BCUT2D eigenvalue weighted by atomic mass is 9.91. The second-order valence-corrected chi connectivity index (χ2v) is 8.53. The van der Waals surface area contributed by atoms with E-state index in [1.165, 1.54) is 11.1 Å². The van der Waals surface area contributed by atoms with Crippen LogP contribution in [0.4, 0.5) is 5.69 Å². The SMILES string of the molecule is CC(=O)N(CC(=O)N1CCc2ccccc2C1)c1c(C(C)C)cccc1C(C)C. The Balaban J connectivity index is 1.90. The fourth-order valence-corrected chi connectivity index (χ4v) is 4.12. The van der Waals surface area contributed by atoms with E-state index in [-0.39, 0.29) is 30.2 Å². The average molecular weight is 393 g/mol. The van der Waals surface area contributed by atoms with Crippen LogP contribution < -0.4 is 4.90 Å². The van der Waals surface area contributed by atoms with Crippen molar-refractivity contribution in [2.75, 3.05) is 18.0 Å². The van der Waals surface area contributed by atoms with Gasteiger partial charge in [-0.15, -0.1) is 0 Å². The van der Waals surface area contributed by atoms with Gasteiger partial charge in [0, 0.05) is 20.0 Å². The van der Waals surface area contributed by atoms with E-state index in [9.17, 15) is 9.59 Å². The highest BCUT2D eigenvalue weighted by Gasteiger charge is 2.27. The van der Waals surface area contributed by atoms with Crippen molar-refractivity contribution in [3.63, 3.8) is 0 Å². The molecule has 2 aromatic rings. The molecule has 1 aliphatic rings. The van der Waals surface area contributed by atoms with E-state index in [2.05, 4.69) is 58.0 Å². The van der Waals surface area contributed by atoms with E-state index < -0.39 is 0 Å². The molecular formula is C25H32N2O2. The fraction of sp³-hybridized carbons (Fsp3) is 0.440. The molecule has 0 atom stereocenters. The van der Waals surface area contributed by atoms with Gasteiger partial charge >= 0.3 is 0 Å². The molecule has 0 radical (unpaired) electrons. The first-order valence-electron chi connectivity index (χ1n) is 10.5. The van der Waals surface area contributed by atoms with Crippen LogP contribution in [0.5, 0.6) is 0 Å². The highest BCUT2D eigenvalue weighted by Crippen LogP contribution is 2.35. The summed E-state index contributed by atoms with van der Waals surface area (Å²) in [5.74, 6) is 0.443. The molecule has 4 heteroatoms. The van der Waals surface area contributed by atoms with Crippen LogP contribution in [0, 0.1) is 0 Å². The highest BCUT2D eigenvalue weighted by molar-refractivity contribution is 5.99. The molecule has 2 amide bonds. The minimum absolute atomic E-state index is 0.00275. The molecule has 29 heavy (non-hydrogen) atoms. The van der Waals surface area contributed by atoms with Crippen molar-refractivity contribution in [2.45, 2.75) is 59.4 Å². The third-order valence-corrected chi connectivity index (χ3v) is 5.77. The number of carbonyl (C=O) groups excluding carboxylic acids is 2. The van der Waals surface area contributed by atoms with Crippen LogP contribution in [0.25, 0.3) is 0 Å². The summed E-state index contributed by atoms with van der Waals surface area (Å²) in [6.07, 6.45) is 0.863. The molecule has 154 valence electrons. The smallest absolute Gasteiger partial charge is 0.242 e. The van der Waals surface area contributed by atoms with Crippen molar-refractivity contribution in [1.29, 1.82) is 0 Å². The maximum Gasteiger partial charge on any atom is 0.242 e. The van der Waals surface area contributed by atoms with Gasteiger partial charge in [0.1, 0.15) is 6.54 Å².